The van der Waals surface area contributed by atoms with Gasteiger partial charge in [0.2, 0.25) is 0 Å². The first kappa shape index (κ1) is 54.1. The fourth-order valence-electron chi connectivity index (χ4n) is 8.05. The highest BCUT2D eigenvalue weighted by molar-refractivity contribution is 7.57. The third-order valence-electron chi connectivity index (χ3n) is 11.6. The zero-order valence-electron chi connectivity index (χ0n) is 40.8. The second-order valence-electron chi connectivity index (χ2n) is 17.7. The average molecular weight is 1050 g/mol. The van der Waals surface area contributed by atoms with E-state index in [9.17, 15) is 4.57 Å². The summed E-state index contributed by atoms with van der Waals surface area (Å²) >= 11 is 0. The van der Waals surface area contributed by atoms with Gasteiger partial charge in [-0.05, 0) is 38.9 Å². The fraction of sp³-hybridized carbons (Fsp3) is 0.263. The summed E-state index contributed by atoms with van der Waals surface area (Å²) in [5.41, 5.74) is 5.06. The number of phosphoric ester groups is 2. The Labute approximate surface area is 428 Å². The minimum absolute atomic E-state index is 0.00492. The Morgan fingerprint density at radius 1 is 0.274 bits per heavy atom. The lowest BCUT2D eigenvalue weighted by Crippen LogP contribution is -2.67. The molecule has 7 aromatic rings. The van der Waals surface area contributed by atoms with Gasteiger partial charge in [0.25, 0.3) is 0 Å². The van der Waals surface area contributed by atoms with Crippen molar-refractivity contribution in [3.63, 3.8) is 0 Å². The van der Waals surface area contributed by atoms with Gasteiger partial charge in [-0.25, -0.2) is 9.13 Å². The number of rotatable bonds is 27. The molecule has 6 atom stereocenters. The van der Waals surface area contributed by atoms with Gasteiger partial charge in [0.05, 0.1) is 46.2 Å². The van der Waals surface area contributed by atoms with Crippen LogP contribution >= 0.6 is 23.0 Å². The minimum Gasteiger partial charge on any atom is -0.368 e. The zero-order chi connectivity index (χ0) is 50.8. The average Bonchev–Trinajstić information content (AvgIpc) is 3.42. The monoisotopic (exact) mass is 1050 g/mol. The Hall–Kier alpha value is -5.17. The molecule has 0 radical (unpaired) electrons. The SMILES string of the molecule is CP(C)(=O)O[C@@H]1[C@@H](OCc2ccccc2)[C@@H](OCc2ccccc2)[C@@H](OP(=O)(OCc2ccccc2)OCc2ccccc2)[C@H](OCc2ccccc2)[C@H]1OP(=O)(OCc1ccccc1)OCc1ccccc1. The van der Waals surface area contributed by atoms with Crippen LogP contribution in [-0.2, 0) is 106 Å². The van der Waals surface area contributed by atoms with Gasteiger partial charge in [0, 0.05) is 13.3 Å². The van der Waals surface area contributed by atoms with Crippen molar-refractivity contribution in [2.45, 2.75) is 82.9 Å². The van der Waals surface area contributed by atoms with E-state index in [-0.39, 0.29) is 46.2 Å². The number of hydrogen-bond acceptors (Lipinski definition) is 13. The normalized spacial score (nSPS) is 19.4. The van der Waals surface area contributed by atoms with Gasteiger partial charge >= 0.3 is 15.6 Å². The van der Waals surface area contributed by atoms with Crippen molar-refractivity contribution in [3.05, 3.63) is 251 Å². The molecule has 0 aliphatic heterocycles. The van der Waals surface area contributed by atoms with Crippen molar-refractivity contribution in [3.8, 4) is 0 Å². The van der Waals surface area contributed by atoms with Gasteiger partial charge in [0.15, 0.2) is 7.37 Å². The summed E-state index contributed by atoms with van der Waals surface area (Å²) in [7, 11) is -13.0. The molecule has 13 nitrogen and oxygen atoms in total. The van der Waals surface area contributed by atoms with Gasteiger partial charge in [-0.1, -0.05) is 212 Å². The van der Waals surface area contributed by atoms with Crippen LogP contribution in [0.3, 0.4) is 0 Å². The van der Waals surface area contributed by atoms with E-state index >= 15 is 9.13 Å². The van der Waals surface area contributed by atoms with E-state index in [1.807, 2.05) is 212 Å². The molecular weight excluding hydrogens is 986 g/mol. The van der Waals surface area contributed by atoms with Crippen molar-refractivity contribution in [2.24, 2.45) is 0 Å². The summed E-state index contributed by atoms with van der Waals surface area (Å²) in [6, 6.07) is 64.9. The number of hydrogen-bond donors (Lipinski definition) is 0. The van der Waals surface area contributed by atoms with E-state index < -0.39 is 59.6 Å². The molecule has 73 heavy (non-hydrogen) atoms. The molecule has 0 heterocycles. The van der Waals surface area contributed by atoms with Gasteiger partial charge in [-0.3, -0.25) is 31.7 Å². The molecular formula is C57H61O13P3. The first-order chi connectivity index (χ1) is 35.5. The van der Waals surface area contributed by atoms with Crippen molar-refractivity contribution in [2.75, 3.05) is 13.3 Å². The van der Waals surface area contributed by atoms with Crippen LogP contribution in [-0.4, -0.2) is 50.0 Å². The first-order valence-electron chi connectivity index (χ1n) is 24.0. The third kappa shape index (κ3) is 16.9. The molecule has 7 aromatic carbocycles. The smallest absolute Gasteiger partial charge is 0.368 e. The molecule has 1 aliphatic carbocycles. The minimum atomic E-state index is -4.76. The molecule has 1 fully saturated rings. The molecule has 382 valence electrons. The lowest BCUT2D eigenvalue weighted by Gasteiger charge is -2.50. The lowest BCUT2D eigenvalue weighted by molar-refractivity contribution is -0.252. The van der Waals surface area contributed by atoms with Crippen LogP contribution in [0.5, 0.6) is 0 Å². The standard InChI is InChI=1S/C57H61O13P3/c1-71(2,58)68-56-53(62-39-46-26-12-4-13-27-46)52(61-38-45-24-10-3-11-25-45)55(69-72(59,64-41-48-30-16-6-17-31-48)65-42-49-32-18-7-19-33-49)54(63-40-47-28-14-5-15-29-47)57(56)70-73(60,66-43-50-34-20-8-21-35-50)67-44-51-36-22-9-23-37-51/h3-37,52-57H,38-44H2,1-2H3/t52-,53+,54+,55-,56-,57-/m1/s1. The van der Waals surface area contributed by atoms with E-state index in [1.54, 1.807) is 0 Å². The Morgan fingerprint density at radius 3 is 0.699 bits per heavy atom. The maximum absolute atomic E-state index is 15.7. The van der Waals surface area contributed by atoms with Gasteiger partial charge in [-0.15, -0.1) is 0 Å². The van der Waals surface area contributed by atoms with Crippen LogP contribution in [0.25, 0.3) is 0 Å². The van der Waals surface area contributed by atoms with Crippen molar-refractivity contribution < 1.29 is 59.6 Å². The molecule has 0 aromatic heterocycles. The molecule has 8 rings (SSSR count). The Balaban J connectivity index is 1.29. The number of benzene rings is 7. The third-order valence-corrected chi connectivity index (χ3v) is 15.1. The molecule has 1 aliphatic rings. The quantitative estimate of drug-likeness (QED) is 0.0451. The van der Waals surface area contributed by atoms with Crippen LogP contribution in [0, 0.1) is 0 Å². The molecule has 0 N–H and O–H groups in total. The maximum Gasteiger partial charge on any atom is 0.475 e. The van der Waals surface area contributed by atoms with Gasteiger partial charge in [-0.2, -0.15) is 0 Å². The van der Waals surface area contributed by atoms with Crippen molar-refractivity contribution in [1.29, 1.82) is 0 Å². The van der Waals surface area contributed by atoms with E-state index in [1.165, 1.54) is 13.3 Å². The molecule has 0 spiro atoms. The van der Waals surface area contributed by atoms with Crippen LogP contribution in [0.4, 0.5) is 0 Å². The lowest BCUT2D eigenvalue weighted by atomic mass is 9.84. The maximum atomic E-state index is 15.7. The van der Waals surface area contributed by atoms with Crippen LogP contribution in [0.2, 0.25) is 0 Å². The van der Waals surface area contributed by atoms with E-state index in [4.69, 9.17) is 45.9 Å². The van der Waals surface area contributed by atoms with Gasteiger partial charge in [0.1, 0.15) is 36.6 Å². The molecule has 0 unspecified atom stereocenters. The van der Waals surface area contributed by atoms with E-state index in [0.29, 0.717) is 22.3 Å². The highest BCUT2D eigenvalue weighted by atomic mass is 31.2. The predicted molar refractivity (Wildman–Crippen MR) is 279 cm³/mol. The van der Waals surface area contributed by atoms with Crippen molar-refractivity contribution >= 4 is 23.0 Å². The molecule has 1 saturated carbocycles. The number of ether oxygens (including phenoxy) is 3. The molecule has 0 saturated heterocycles. The zero-order valence-corrected chi connectivity index (χ0v) is 43.5. The summed E-state index contributed by atoms with van der Waals surface area (Å²) in [4.78, 5) is 0. The second-order valence-corrected chi connectivity index (χ2v) is 23.6. The van der Waals surface area contributed by atoms with Crippen LogP contribution in [0.15, 0.2) is 212 Å². The van der Waals surface area contributed by atoms with E-state index in [0.717, 1.165) is 16.7 Å². The Bertz CT molecular complexity index is 2740. The summed E-state index contributed by atoms with van der Waals surface area (Å²) in [5, 5.41) is 0. The molecule has 0 amide bonds. The first-order valence-corrected chi connectivity index (χ1v) is 29.4. The summed E-state index contributed by atoms with van der Waals surface area (Å²) in [6.07, 6.45) is -8.48. The van der Waals surface area contributed by atoms with E-state index in [2.05, 4.69) is 0 Å². The fourth-order valence-corrected chi connectivity index (χ4v) is 11.6. The predicted octanol–water partition coefficient (Wildman–Crippen LogP) is 13.5. The molecule has 0 bridgehead atoms. The summed E-state index contributed by atoms with van der Waals surface area (Å²) in [5.74, 6) is 0. The Kier molecular flexibility index (Phi) is 19.9. The summed E-state index contributed by atoms with van der Waals surface area (Å²) in [6.45, 7) is 2.11. The van der Waals surface area contributed by atoms with Crippen LogP contribution < -0.4 is 0 Å². The largest absolute Gasteiger partial charge is 0.475 e. The number of phosphoric acid groups is 2. The highest BCUT2D eigenvalue weighted by Gasteiger charge is 2.60. The highest BCUT2D eigenvalue weighted by Crippen LogP contribution is 2.59. The summed E-state index contributed by atoms with van der Waals surface area (Å²) < 4.78 is 112. The van der Waals surface area contributed by atoms with Crippen molar-refractivity contribution in [1.82, 2.24) is 0 Å². The topological polar surface area (TPSA) is 144 Å². The Morgan fingerprint density at radius 2 is 0.466 bits per heavy atom. The molecule has 16 heteroatoms. The van der Waals surface area contributed by atoms with Gasteiger partial charge < -0.3 is 18.7 Å². The second kappa shape index (κ2) is 26.9. The van der Waals surface area contributed by atoms with Crippen LogP contribution in [0.1, 0.15) is 38.9 Å².